The maximum atomic E-state index is 12.6. The van der Waals surface area contributed by atoms with Crippen molar-refractivity contribution in [2.45, 2.75) is 13.8 Å². The van der Waals surface area contributed by atoms with E-state index in [0.717, 1.165) is 40.8 Å². The van der Waals surface area contributed by atoms with Crippen molar-refractivity contribution in [2.24, 2.45) is 0 Å². The zero-order valence-electron chi connectivity index (χ0n) is 17.1. The number of rotatable bonds is 3. The number of piperazine rings is 1. The van der Waals surface area contributed by atoms with Gasteiger partial charge in [0.15, 0.2) is 16.6 Å². The minimum Gasteiger partial charge on any atom is -0.454 e. The van der Waals surface area contributed by atoms with Crippen LogP contribution in [0.3, 0.4) is 0 Å². The molecule has 0 atom stereocenters. The third-order valence-corrected chi connectivity index (χ3v) is 6.83. The highest BCUT2D eigenvalue weighted by Gasteiger charge is 2.22. The van der Waals surface area contributed by atoms with Gasteiger partial charge < -0.3 is 19.3 Å². The molecule has 0 aliphatic carbocycles. The third kappa shape index (κ3) is 3.50. The highest BCUT2D eigenvalue weighted by atomic mass is 32.1. The summed E-state index contributed by atoms with van der Waals surface area (Å²) in [5, 5.41) is 1.04. The highest BCUT2D eigenvalue weighted by molar-refractivity contribution is 7.22. The quantitative estimate of drug-likeness (QED) is 0.599. The summed E-state index contributed by atoms with van der Waals surface area (Å²) < 4.78 is 11.9. The first-order valence-electron chi connectivity index (χ1n) is 10.1. The lowest BCUT2D eigenvalue weighted by molar-refractivity contribution is -0.126. The van der Waals surface area contributed by atoms with E-state index in [-0.39, 0.29) is 12.7 Å². The number of anilines is 1. The Morgan fingerprint density at radius 3 is 2.70 bits per heavy atom. The van der Waals surface area contributed by atoms with Gasteiger partial charge in [-0.3, -0.25) is 4.79 Å². The van der Waals surface area contributed by atoms with Crippen LogP contribution in [0, 0.1) is 13.8 Å². The van der Waals surface area contributed by atoms with Gasteiger partial charge in [0, 0.05) is 32.3 Å². The molecule has 2 aromatic carbocycles. The van der Waals surface area contributed by atoms with E-state index in [1.807, 2.05) is 29.2 Å². The van der Waals surface area contributed by atoms with Crippen LogP contribution in [0.15, 0.2) is 36.4 Å². The summed E-state index contributed by atoms with van der Waals surface area (Å²) in [6.45, 7) is 7.47. The Kier molecular flexibility index (Phi) is 4.83. The van der Waals surface area contributed by atoms with Gasteiger partial charge >= 0.3 is 0 Å². The van der Waals surface area contributed by atoms with E-state index in [1.54, 1.807) is 17.4 Å². The van der Waals surface area contributed by atoms with Crippen LogP contribution in [-0.4, -0.2) is 48.8 Å². The number of benzene rings is 2. The molecule has 2 aliphatic rings. The molecule has 1 fully saturated rings. The van der Waals surface area contributed by atoms with Gasteiger partial charge in [0.1, 0.15) is 0 Å². The molecule has 1 saturated heterocycles. The summed E-state index contributed by atoms with van der Waals surface area (Å²) in [5.41, 5.74) is 4.54. The Balaban J connectivity index is 1.22. The van der Waals surface area contributed by atoms with Crippen LogP contribution < -0.4 is 14.4 Å². The maximum Gasteiger partial charge on any atom is 0.246 e. The number of amides is 1. The predicted molar refractivity (Wildman–Crippen MR) is 119 cm³/mol. The fraction of sp³-hybridized carbons (Fsp3) is 0.304. The summed E-state index contributed by atoms with van der Waals surface area (Å²) in [7, 11) is 0. The molecule has 1 aromatic heterocycles. The number of fused-ring (bicyclic) bond motifs is 2. The Labute approximate surface area is 179 Å². The molecule has 154 valence electrons. The molecule has 2 aliphatic heterocycles. The van der Waals surface area contributed by atoms with Crippen molar-refractivity contribution in [1.82, 2.24) is 9.88 Å². The predicted octanol–water partition coefficient (Wildman–Crippen LogP) is 4.00. The molecule has 0 bridgehead atoms. The first-order valence-corrected chi connectivity index (χ1v) is 10.9. The van der Waals surface area contributed by atoms with Crippen LogP contribution >= 0.6 is 11.3 Å². The lowest BCUT2D eigenvalue weighted by Crippen LogP contribution is -2.48. The number of ether oxygens (including phenoxy) is 2. The average molecular weight is 422 g/mol. The number of carbonyl (C=O) groups excluding carboxylic acids is 1. The topological polar surface area (TPSA) is 54.9 Å². The summed E-state index contributed by atoms with van der Waals surface area (Å²) in [6.07, 6.45) is 3.46. The van der Waals surface area contributed by atoms with Gasteiger partial charge in [0.2, 0.25) is 12.7 Å². The van der Waals surface area contributed by atoms with Gasteiger partial charge in [0.05, 0.1) is 10.2 Å². The van der Waals surface area contributed by atoms with E-state index in [1.165, 1.54) is 15.8 Å². The standard InChI is InChI=1S/C23H23N3O3S/c1-15-3-7-20-22(16(15)2)24-23(30-20)26-11-9-25(10-12-26)21(27)8-5-17-4-6-18-19(13-17)29-14-28-18/h3-8,13H,9-12,14H2,1-2H3/b8-5-. The van der Waals surface area contributed by atoms with Crippen molar-refractivity contribution in [3.8, 4) is 11.5 Å². The second kappa shape index (κ2) is 7.65. The van der Waals surface area contributed by atoms with Gasteiger partial charge in [0.25, 0.3) is 0 Å². The number of thiazole rings is 1. The summed E-state index contributed by atoms with van der Waals surface area (Å²) in [4.78, 5) is 21.7. The molecule has 5 rings (SSSR count). The zero-order valence-corrected chi connectivity index (χ0v) is 17.9. The number of nitrogens with zero attached hydrogens (tertiary/aromatic N) is 3. The highest BCUT2D eigenvalue weighted by Crippen LogP contribution is 2.33. The molecule has 0 saturated carbocycles. The molecular weight excluding hydrogens is 398 g/mol. The lowest BCUT2D eigenvalue weighted by Gasteiger charge is -2.34. The average Bonchev–Trinajstić information content (AvgIpc) is 3.41. The summed E-state index contributed by atoms with van der Waals surface area (Å²) >= 11 is 1.73. The molecule has 0 spiro atoms. The van der Waals surface area contributed by atoms with E-state index in [9.17, 15) is 4.79 Å². The fourth-order valence-electron chi connectivity index (χ4n) is 3.76. The Morgan fingerprint density at radius 1 is 1.07 bits per heavy atom. The third-order valence-electron chi connectivity index (χ3n) is 5.75. The number of aromatic nitrogens is 1. The van der Waals surface area contributed by atoms with E-state index >= 15 is 0 Å². The van der Waals surface area contributed by atoms with Gasteiger partial charge in [-0.1, -0.05) is 23.5 Å². The zero-order chi connectivity index (χ0) is 20.7. The van der Waals surface area contributed by atoms with Crippen molar-refractivity contribution >= 4 is 38.7 Å². The minimum atomic E-state index is 0.0306. The molecule has 0 N–H and O–H groups in total. The van der Waals surface area contributed by atoms with Crippen molar-refractivity contribution in [3.05, 3.63) is 53.1 Å². The summed E-state index contributed by atoms with van der Waals surface area (Å²) in [6, 6.07) is 9.99. The normalized spacial score (nSPS) is 16.1. The second-order valence-corrected chi connectivity index (χ2v) is 8.62. The molecule has 1 amide bonds. The first-order chi connectivity index (χ1) is 14.6. The van der Waals surface area contributed by atoms with Crippen LogP contribution in [0.4, 0.5) is 5.13 Å². The lowest BCUT2D eigenvalue weighted by atomic mass is 10.1. The van der Waals surface area contributed by atoms with Gasteiger partial charge in [-0.05, 0) is 54.8 Å². The molecule has 3 aromatic rings. The fourth-order valence-corrected chi connectivity index (χ4v) is 4.83. The summed E-state index contributed by atoms with van der Waals surface area (Å²) in [5.74, 6) is 1.50. The number of aryl methyl sites for hydroxylation is 2. The van der Waals surface area contributed by atoms with Gasteiger partial charge in [-0.25, -0.2) is 4.98 Å². The van der Waals surface area contributed by atoms with E-state index in [0.29, 0.717) is 13.1 Å². The van der Waals surface area contributed by atoms with E-state index in [2.05, 4.69) is 30.9 Å². The first kappa shape index (κ1) is 18.9. The Hall–Kier alpha value is -3.06. The van der Waals surface area contributed by atoms with Crippen LogP contribution in [0.5, 0.6) is 11.5 Å². The van der Waals surface area contributed by atoms with Crippen LogP contribution in [0.2, 0.25) is 0 Å². The van der Waals surface area contributed by atoms with E-state index < -0.39 is 0 Å². The molecule has 3 heterocycles. The molecule has 0 radical (unpaired) electrons. The molecule has 0 unspecified atom stereocenters. The van der Waals surface area contributed by atoms with Crippen molar-refractivity contribution in [1.29, 1.82) is 0 Å². The number of carbonyl (C=O) groups is 1. The molecule has 6 nitrogen and oxygen atoms in total. The Morgan fingerprint density at radius 2 is 1.87 bits per heavy atom. The monoisotopic (exact) mass is 421 g/mol. The van der Waals surface area contributed by atoms with Crippen LogP contribution in [0.25, 0.3) is 16.3 Å². The number of hydrogen-bond donors (Lipinski definition) is 0. The molecular formula is C23H23N3O3S. The molecule has 7 heteroatoms. The van der Waals surface area contributed by atoms with Crippen LogP contribution in [0.1, 0.15) is 16.7 Å². The van der Waals surface area contributed by atoms with Crippen molar-refractivity contribution < 1.29 is 14.3 Å². The van der Waals surface area contributed by atoms with Crippen molar-refractivity contribution in [2.75, 3.05) is 37.9 Å². The van der Waals surface area contributed by atoms with Crippen LogP contribution in [-0.2, 0) is 4.79 Å². The van der Waals surface area contributed by atoms with Gasteiger partial charge in [-0.2, -0.15) is 0 Å². The SMILES string of the molecule is Cc1ccc2sc(N3CCN(C(=O)/C=C\c4ccc5c(c4)OCO5)CC3)nc2c1C. The Bertz CT molecular complexity index is 1150. The number of hydrogen-bond acceptors (Lipinski definition) is 6. The largest absolute Gasteiger partial charge is 0.454 e. The van der Waals surface area contributed by atoms with E-state index in [4.69, 9.17) is 14.5 Å². The minimum absolute atomic E-state index is 0.0306. The van der Waals surface area contributed by atoms with Gasteiger partial charge in [-0.15, -0.1) is 0 Å². The maximum absolute atomic E-state index is 12.6. The molecule has 30 heavy (non-hydrogen) atoms. The second-order valence-electron chi connectivity index (χ2n) is 7.61. The van der Waals surface area contributed by atoms with Crippen molar-refractivity contribution in [3.63, 3.8) is 0 Å². The smallest absolute Gasteiger partial charge is 0.246 e.